The highest BCUT2D eigenvalue weighted by atomic mass is 19.1. The van der Waals surface area contributed by atoms with E-state index in [9.17, 15) is 9.18 Å². The molecule has 0 radical (unpaired) electrons. The predicted molar refractivity (Wildman–Crippen MR) is 90.7 cm³/mol. The van der Waals surface area contributed by atoms with Gasteiger partial charge in [0.05, 0.1) is 6.20 Å². The molecule has 3 rings (SSSR count). The molecule has 1 aliphatic carbocycles. The highest BCUT2D eigenvalue weighted by molar-refractivity contribution is 5.55. The van der Waals surface area contributed by atoms with Gasteiger partial charge in [0.2, 0.25) is 12.4 Å². The minimum atomic E-state index is -0.513. The van der Waals surface area contributed by atoms with Gasteiger partial charge in [-0.05, 0) is 38.3 Å². The SMILES string of the molecule is Cc1ccc(Nc2ncc(F)c(N[C@@H]3CCC[C@@H]3NC=O)n2)cc1. The lowest BCUT2D eigenvalue weighted by atomic mass is 10.2. The van der Waals surface area contributed by atoms with E-state index in [0.29, 0.717) is 12.4 Å². The summed E-state index contributed by atoms with van der Waals surface area (Å²) >= 11 is 0. The van der Waals surface area contributed by atoms with Crippen molar-refractivity contribution in [3.63, 3.8) is 0 Å². The van der Waals surface area contributed by atoms with Crippen molar-refractivity contribution in [1.82, 2.24) is 15.3 Å². The third-order valence-corrected chi connectivity index (χ3v) is 4.17. The topological polar surface area (TPSA) is 78.9 Å². The van der Waals surface area contributed by atoms with Gasteiger partial charge >= 0.3 is 0 Å². The Bertz CT molecular complexity index is 707. The molecule has 0 spiro atoms. The van der Waals surface area contributed by atoms with Crippen LogP contribution in [0.5, 0.6) is 0 Å². The second-order valence-electron chi connectivity index (χ2n) is 5.95. The standard InChI is InChI=1S/C17H20FN5O/c1-11-5-7-12(8-6-11)21-17-19-9-13(18)16(23-17)22-15-4-2-3-14(15)20-10-24/h5-10,14-15H,2-4H2,1H3,(H,20,24)(H2,19,21,22,23)/t14-,15+/m0/s1. The van der Waals surface area contributed by atoms with Crippen molar-refractivity contribution in [2.75, 3.05) is 10.6 Å². The third kappa shape index (κ3) is 3.79. The van der Waals surface area contributed by atoms with E-state index in [1.54, 1.807) is 0 Å². The number of aromatic nitrogens is 2. The Labute approximate surface area is 139 Å². The van der Waals surface area contributed by atoms with E-state index < -0.39 is 5.82 Å². The van der Waals surface area contributed by atoms with Gasteiger partial charge in [0.25, 0.3) is 0 Å². The number of amides is 1. The lowest BCUT2D eigenvalue weighted by Gasteiger charge is -2.21. The van der Waals surface area contributed by atoms with Crippen molar-refractivity contribution in [2.24, 2.45) is 0 Å². The molecular weight excluding hydrogens is 309 g/mol. The Morgan fingerprint density at radius 1 is 1.21 bits per heavy atom. The molecule has 1 amide bonds. The van der Waals surface area contributed by atoms with Gasteiger partial charge in [-0.25, -0.2) is 9.37 Å². The first-order valence-electron chi connectivity index (χ1n) is 7.98. The van der Waals surface area contributed by atoms with Gasteiger partial charge < -0.3 is 16.0 Å². The number of halogens is 1. The van der Waals surface area contributed by atoms with Gasteiger partial charge in [-0.3, -0.25) is 4.79 Å². The van der Waals surface area contributed by atoms with Crippen LogP contribution in [0.15, 0.2) is 30.5 Å². The summed E-state index contributed by atoms with van der Waals surface area (Å²) in [4.78, 5) is 18.9. The van der Waals surface area contributed by atoms with E-state index in [-0.39, 0.29) is 17.9 Å². The molecule has 1 heterocycles. The summed E-state index contributed by atoms with van der Waals surface area (Å²) < 4.78 is 14.0. The quantitative estimate of drug-likeness (QED) is 0.710. The van der Waals surface area contributed by atoms with Crippen molar-refractivity contribution in [3.8, 4) is 0 Å². The van der Waals surface area contributed by atoms with Gasteiger partial charge in [-0.1, -0.05) is 17.7 Å². The predicted octanol–water partition coefficient (Wildman–Crippen LogP) is 2.75. The summed E-state index contributed by atoms with van der Waals surface area (Å²) in [5.41, 5.74) is 1.98. The van der Waals surface area contributed by atoms with Crippen LogP contribution in [0.2, 0.25) is 0 Å². The second-order valence-corrected chi connectivity index (χ2v) is 5.95. The van der Waals surface area contributed by atoms with Crippen LogP contribution in [0.1, 0.15) is 24.8 Å². The van der Waals surface area contributed by atoms with Crippen LogP contribution in [0.3, 0.4) is 0 Å². The molecule has 1 fully saturated rings. The zero-order valence-electron chi connectivity index (χ0n) is 13.4. The van der Waals surface area contributed by atoms with Gasteiger partial charge in [-0.15, -0.1) is 0 Å². The average Bonchev–Trinajstić information content (AvgIpc) is 3.00. The van der Waals surface area contributed by atoms with Crippen molar-refractivity contribution in [3.05, 3.63) is 41.8 Å². The Kier molecular flexibility index (Phi) is 4.88. The molecular formula is C17H20FN5O. The number of carbonyl (C=O) groups excluding carboxylic acids is 1. The molecule has 3 N–H and O–H groups in total. The summed E-state index contributed by atoms with van der Waals surface area (Å²) in [5.74, 6) is -0.0499. The maximum absolute atomic E-state index is 14.0. The highest BCUT2D eigenvalue weighted by Gasteiger charge is 2.27. The molecule has 126 valence electrons. The summed E-state index contributed by atoms with van der Waals surface area (Å²) in [7, 11) is 0. The van der Waals surface area contributed by atoms with Crippen molar-refractivity contribution in [1.29, 1.82) is 0 Å². The number of nitrogens with one attached hydrogen (secondary N) is 3. The number of nitrogens with zero attached hydrogens (tertiary/aromatic N) is 2. The molecule has 2 atom stereocenters. The monoisotopic (exact) mass is 329 g/mol. The van der Waals surface area contributed by atoms with Gasteiger partial charge in [0, 0.05) is 17.8 Å². The number of anilines is 3. The van der Waals surface area contributed by atoms with Gasteiger partial charge in [-0.2, -0.15) is 4.98 Å². The summed E-state index contributed by atoms with van der Waals surface area (Å²) in [6.45, 7) is 2.01. The van der Waals surface area contributed by atoms with E-state index in [0.717, 1.165) is 36.7 Å². The van der Waals surface area contributed by atoms with Crippen LogP contribution in [0.4, 0.5) is 21.8 Å². The Morgan fingerprint density at radius 2 is 1.96 bits per heavy atom. The molecule has 6 nitrogen and oxygen atoms in total. The van der Waals surface area contributed by atoms with Crippen LogP contribution in [-0.2, 0) is 4.79 Å². The van der Waals surface area contributed by atoms with Crippen LogP contribution < -0.4 is 16.0 Å². The van der Waals surface area contributed by atoms with Crippen LogP contribution in [0, 0.1) is 12.7 Å². The van der Waals surface area contributed by atoms with Gasteiger partial charge in [0.1, 0.15) is 0 Å². The highest BCUT2D eigenvalue weighted by Crippen LogP contribution is 2.24. The summed E-state index contributed by atoms with van der Waals surface area (Å²) in [6, 6.07) is 7.72. The van der Waals surface area contributed by atoms with E-state index in [1.807, 2.05) is 31.2 Å². The van der Waals surface area contributed by atoms with Gasteiger partial charge in [0.15, 0.2) is 11.6 Å². The maximum atomic E-state index is 14.0. The molecule has 0 unspecified atom stereocenters. The normalized spacial score (nSPS) is 19.8. The van der Waals surface area contributed by atoms with E-state index in [1.165, 1.54) is 0 Å². The molecule has 2 aromatic rings. The van der Waals surface area contributed by atoms with Crippen molar-refractivity contribution in [2.45, 2.75) is 38.3 Å². The summed E-state index contributed by atoms with van der Waals surface area (Å²) in [5, 5.41) is 8.92. The first-order valence-corrected chi connectivity index (χ1v) is 7.98. The number of aryl methyl sites for hydroxylation is 1. The third-order valence-electron chi connectivity index (χ3n) is 4.17. The zero-order chi connectivity index (χ0) is 16.9. The molecule has 1 aliphatic rings. The maximum Gasteiger partial charge on any atom is 0.229 e. The fourth-order valence-electron chi connectivity index (χ4n) is 2.89. The Balaban J connectivity index is 1.73. The number of hydrogen-bond acceptors (Lipinski definition) is 5. The summed E-state index contributed by atoms with van der Waals surface area (Å²) in [6.07, 6.45) is 4.53. The largest absolute Gasteiger partial charge is 0.363 e. The molecule has 0 aliphatic heterocycles. The number of carbonyl (C=O) groups is 1. The number of benzene rings is 1. The molecule has 1 aromatic heterocycles. The molecule has 1 aromatic carbocycles. The first-order chi connectivity index (χ1) is 11.7. The lowest BCUT2D eigenvalue weighted by Crippen LogP contribution is -2.39. The Hall–Kier alpha value is -2.70. The second kappa shape index (κ2) is 7.25. The molecule has 7 heteroatoms. The number of hydrogen-bond donors (Lipinski definition) is 3. The van der Waals surface area contributed by atoms with E-state index in [4.69, 9.17) is 0 Å². The van der Waals surface area contributed by atoms with E-state index >= 15 is 0 Å². The van der Waals surface area contributed by atoms with Crippen molar-refractivity contribution >= 4 is 23.9 Å². The zero-order valence-corrected chi connectivity index (χ0v) is 13.4. The number of rotatable bonds is 6. The van der Waals surface area contributed by atoms with Crippen LogP contribution in [0.25, 0.3) is 0 Å². The minimum Gasteiger partial charge on any atom is -0.363 e. The fourth-order valence-corrected chi connectivity index (χ4v) is 2.89. The molecule has 24 heavy (non-hydrogen) atoms. The minimum absolute atomic E-state index is 0.00891. The van der Waals surface area contributed by atoms with Crippen molar-refractivity contribution < 1.29 is 9.18 Å². The fraction of sp³-hybridized carbons (Fsp3) is 0.353. The lowest BCUT2D eigenvalue weighted by molar-refractivity contribution is -0.110. The van der Waals surface area contributed by atoms with Crippen LogP contribution in [-0.4, -0.2) is 28.5 Å². The smallest absolute Gasteiger partial charge is 0.229 e. The average molecular weight is 329 g/mol. The molecule has 0 saturated heterocycles. The molecule has 1 saturated carbocycles. The van der Waals surface area contributed by atoms with E-state index in [2.05, 4.69) is 25.9 Å². The van der Waals surface area contributed by atoms with Crippen LogP contribution >= 0.6 is 0 Å². The Morgan fingerprint density at radius 3 is 2.71 bits per heavy atom. The first kappa shape index (κ1) is 16.2. The molecule has 0 bridgehead atoms.